The van der Waals surface area contributed by atoms with E-state index in [1.807, 2.05) is 13.0 Å². The Labute approximate surface area is 104 Å². The number of benzene rings is 1. The predicted molar refractivity (Wildman–Crippen MR) is 65.1 cm³/mol. The van der Waals surface area contributed by atoms with Crippen LogP contribution >= 0.6 is 0 Å². The number of nitrogens with one attached hydrogen (secondary N) is 1. The molecule has 1 heterocycles. The molecule has 1 unspecified atom stereocenters. The highest BCUT2D eigenvalue weighted by atomic mass is 16.4. The third kappa shape index (κ3) is 2.65. The van der Waals surface area contributed by atoms with Crippen LogP contribution in [0.4, 0.5) is 5.69 Å². The molecule has 2 aromatic rings. The van der Waals surface area contributed by atoms with Gasteiger partial charge >= 0.3 is 5.97 Å². The van der Waals surface area contributed by atoms with Crippen LogP contribution in [0.15, 0.2) is 35.1 Å². The van der Waals surface area contributed by atoms with Gasteiger partial charge in [-0.1, -0.05) is 13.0 Å². The Bertz CT molecular complexity index is 525. The Morgan fingerprint density at radius 3 is 3.00 bits per heavy atom. The molecule has 0 saturated carbocycles. The van der Waals surface area contributed by atoms with Crippen LogP contribution < -0.4 is 5.32 Å². The number of hydrogen-bond donors (Lipinski definition) is 2. The second-order valence-corrected chi connectivity index (χ2v) is 3.77. The molecule has 2 N–H and O–H groups in total. The molecule has 0 saturated heterocycles. The lowest BCUT2D eigenvalue weighted by Gasteiger charge is -2.13. The van der Waals surface area contributed by atoms with E-state index in [1.165, 1.54) is 6.39 Å². The van der Waals surface area contributed by atoms with Crippen molar-refractivity contribution in [2.24, 2.45) is 0 Å². The zero-order valence-electron chi connectivity index (χ0n) is 9.83. The molecule has 1 atom stereocenters. The van der Waals surface area contributed by atoms with E-state index in [0.717, 1.165) is 5.56 Å². The number of carboxylic acids is 1. The van der Waals surface area contributed by atoms with Gasteiger partial charge in [-0.15, -0.1) is 10.2 Å². The van der Waals surface area contributed by atoms with E-state index >= 15 is 0 Å². The minimum absolute atomic E-state index is 0.405. The first-order valence-electron chi connectivity index (χ1n) is 5.56. The molecular weight excluding hydrogens is 234 g/mol. The van der Waals surface area contributed by atoms with Crippen LogP contribution in [0.2, 0.25) is 0 Å². The summed E-state index contributed by atoms with van der Waals surface area (Å²) in [5.74, 6) is -0.470. The summed E-state index contributed by atoms with van der Waals surface area (Å²) in [5, 5.41) is 19.3. The Morgan fingerprint density at radius 2 is 2.39 bits per heavy atom. The van der Waals surface area contributed by atoms with Crippen molar-refractivity contribution in [2.45, 2.75) is 19.4 Å². The number of rotatable bonds is 5. The highest BCUT2D eigenvalue weighted by Gasteiger charge is 2.14. The Kier molecular flexibility index (Phi) is 3.57. The Morgan fingerprint density at radius 1 is 1.56 bits per heavy atom. The molecule has 0 bridgehead atoms. The predicted octanol–water partition coefficient (Wildman–Crippen LogP) is 2.01. The van der Waals surface area contributed by atoms with Gasteiger partial charge < -0.3 is 14.8 Å². The van der Waals surface area contributed by atoms with Gasteiger partial charge in [-0.3, -0.25) is 0 Å². The van der Waals surface area contributed by atoms with Gasteiger partial charge in [0.05, 0.1) is 0 Å². The van der Waals surface area contributed by atoms with Gasteiger partial charge in [-0.25, -0.2) is 4.79 Å². The minimum atomic E-state index is -0.874. The van der Waals surface area contributed by atoms with Gasteiger partial charge in [-0.2, -0.15) is 0 Å². The first kappa shape index (κ1) is 12.1. The maximum Gasteiger partial charge on any atom is 0.326 e. The number of carbonyl (C=O) groups is 1. The molecule has 94 valence electrons. The molecule has 0 spiro atoms. The fraction of sp³-hybridized carbons (Fsp3) is 0.250. The van der Waals surface area contributed by atoms with Crippen molar-refractivity contribution in [3.63, 3.8) is 0 Å². The standard InChI is InChI=1S/C12H13N3O3/c1-2-10(12(16)17)14-9-5-3-4-8(6-9)11-15-13-7-18-11/h3-7,10,14H,2H2,1H3,(H,16,17). The van der Waals surface area contributed by atoms with Gasteiger partial charge in [0.15, 0.2) is 0 Å². The lowest BCUT2D eigenvalue weighted by atomic mass is 10.1. The van der Waals surface area contributed by atoms with Crippen LogP contribution in [-0.2, 0) is 4.79 Å². The van der Waals surface area contributed by atoms with Crippen molar-refractivity contribution in [3.05, 3.63) is 30.7 Å². The molecule has 1 aromatic carbocycles. The molecule has 0 aliphatic rings. The first-order chi connectivity index (χ1) is 8.70. The van der Waals surface area contributed by atoms with Gasteiger partial charge in [0, 0.05) is 11.3 Å². The van der Waals surface area contributed by atoms with Gasteiger partial charge in [-0.05, 0) is 24.6 Å². The molecule has 18 heavy (non-hydrogen) atoms. The van der Waals surface area contributed by atoms with Gasteiger partial charge in [0.2, 0.25) is 12.3 Å². The van der Waals surface area contributed by atoms with Crippen molar-refractivity contribution in [1.82, 2.24) is 10.2 Å². The van der Waals surface area contributed by atoms with Crippen LogP contribution in [0.25, 0.3) is 11.5 Å². The minimum Gasteiger partial charge on any atom is -0.480 e. The van der Waals surface area contributed by atoms with E-state index in [4.69, 9.17) is 9.52 Å². The van der Waals surface area contributed by atoms with E-state index in [0.29, 0.717) is 18.0 Å². The first-order valence-corrected chi connectivity index (χ1v) is 5.56. The molecule has 0 fully saturated rings. The molecule has 0 aliphatic heterocycles. The second kappa shape index (κ2) is 5.31. The van der Waals surface area contributed by atoms with Crippen molar-refractivity contribution in [1.29, 1.82) is 0 Å². The fourth-order valence-corrected chi connectivity index (χ4v) is 1.58. The molecule has 6 heteroatoms. The number of aromatic nitrogens is 2. The molecule has 6 nitrogen and oxygen atoms in total. The molecule has 0 aliphatic carbocycles. The quantitative estimate of drug-likeness (QED) is 0.840. The highest BCUT2D eigenvalue weighted by molar-refractivity contribution is 5.77. The van der Waals surface area contributed by atoms with E-state index < -0.39 is 12.0 Å². The maximum atomic E-state index is 10.9. The zero-order chi connectivity index (χ0) is 13.0. The Hall–Kier alpha value is -2.37. The van der Waals surface area contributed by atoms with Crippen molar-refractivity contribution in [2.75, 3.05) is 5.32 Å². The maximum absolute atomic E-state index is 10.9. The fourth-order valence-electron chi connectivity index (χ4n) is 1.58. The van der Waals surface area contributed by atoms with E-state index in [2.05, 4.69) is 15.5 Å². The normalized spacial score (nSPS) is 12.1. The highest BCUT2D eigenvalue weighted by Crippen LogP contribution is 2.21. The second-order valence-electron chi connectivity index (χ2n) is 3.77. The largest absolute Gasteiger partial charge is 0.480 e. The molecular formula is C12H13N3O3. The van der Waals surface area contributed by atoms with Crippen LogP contribution in [0.3, 0.4) is 0 Å². The summed E-state index contributed by atoms with van der Waals surface area (Å²) in [6.45, 7) is 1.81. The number of carboxylic acid groups (broad SMARTS) is 1. The van der Waals surface area contributed by atoms with Crippen molar-refractivity contribution < 1.29 is 14.3 Å². The number of aliphatic carboxylic acids is 1. The van der Waals surface area contributed by atoms with E-state index in [9.17, 15) is 4.79 Å². The van der Waals surface area contributed by atoms with Crippen molar-refractivity contribution in [3.8, 4) is 11.5 Å². The molecule has 0 amide bonds. The third-order valence-corrected chi connectivity index (χ3v) is 2.52. The summed E-state index contributed by atoms with van der Waals surface area (Å²) in [4.78, 5) is 10.9. The van der Waals surface area contributed by atoms with Crippen LogP contribution in [0, 0.1) is 0 Å². The average Bonchev–Trinajstić information content (AvgIpc) is 2.90. The Balaban J connectivity index is 2.20. The van der Waals surface area contributed by atoms with Crippen molar-refractivity contribution >= 4 is 11.7 Å². The smallest absolute Gasteiger partial charge is 0.326 e. The van der Waals surface area contributed by atoms with E-state index in [-0.39, 0.29) is 0 Å². The molecule has 1 aromatic heterocycles. The summed E-state index contributed by atoms with van der Waals surface area (Å²) in [6, 6.07) is 6.59. The number of hydrogen-bond acceptors (Lipinski definition) is 5. The zero-order valence-corrected chi connectivity index (χ0v) is 9.83. The summed E-state index contributed by atoms with van der Waals surface area (Å²) < 4.78 is 5.09. The summed E-state index contributed by atoms with van der Waals surface area (Å²) >= 11 is 0. The van der Waals surface area contributed by atoms with Crippen LogP contribution in [-0.4, -0.2) is 27.3 Å². The van der Waals surface area contributed by atoms with Gasteiger partial charge in [0.25, 0.3) is 0 Å². The number of anilines is 1. The summed E-state index contributed by atoms with van der Waals surface area (Å²) in [5.41, 5.74) is 1.46. The molecule has 0 radical (unpaired) electrons. The van der Waals surface area contributed by atoms with Crippen LogP contribution in [0.1, 0.15) is 13.3 Å². The molecule has 2 rings (SSSR count). The number of nitrogens with zero attached hydrogens (tertiary/aromatic N) is 2. The SMILES string of the molecule is CCC(Nc1cccc(-c2nnco2)c1)C(=O)O. The summed E-state index contributed by atoms with van der Waals surface area (Å²) in [7, 11) is 0. The topological polar surface area (TPSA) is 88.3 Å². The monoisotopic (exact) mass is 247 g/mol. The lowest BCUT2D eigenvalue weighted by molar-refractivity contribution is -0.137. The summed E-state index contributed by atoms with van der Waals surface area (Å²) in [6.07, 6.45) is 1.75. The average molecular weight is 247 g/mol. The lowest BCUT2D eigenvalue weighted by Crippen LogP contribution is -2.28. The van der Waals surface area contributed by atoms with Gasteiger partial charge in [0.1, 0.15) is 6.04 Å². The van der Waals surface area contributed by atoms with E-state index in [1.54, 1.807) is 18.2 Å². The van der Waals surface area contributed by atoms with Crippen LogP contribution in [0.5, 0.6) is 0 Å². The third-order valence-electron chi connectivity index (χ3n) is 2.52.